The van der Waals surface area contributed by atoms with Crippen molar-refractivity contribution >= 4 is 17.9 Å². The Morgan fingerprint density at radius 1 is 0.778 bits per heavy atom. The zero-order chi connectivity index (χ0) is 19.1. The zero-order valence-electron chi connectivity index (χ0n) is 15.6. The molecule has 0 atom stereocenters. The molecule has 0 saturated carbocycles. The summed E-state index contributed by atoms with van der Waals surface area (Å²) in [5.74, 6) is 1.21. The predicted molar refractivity (Wildman–Crippen MR) is 112 cm³/mol. The topological polar surface area (TPSA) is 26.3 Å². The zero-order valence-corrected chi connectivity index (χ0v) is 15.6. The van der Waals surface area contributed by atoms with Gasteiger partial charge in [0.15, 0.2) is 5.78 Å². The first kappa shape index (κ1) is 18.4. The van der Waals surface area contributed by atoms with Crippen molar-refractivity contribution in [1.29, 1.82) is 0 Å². The lowest BCUT2D eigenvalue weighted by Crippen LogP contribution is -2.06. The average Bonchev–Trinajstić information content (AvgIpc) is 2.71. The monoisotopic (exact) mass is 354 g/mol. The van der Waals surface area contributed by atoms with E-state index in [1.807, 2.05) is 111 Å². The molecule has 0 unspecified atom stereocenters. The van der Waals surface area contributed by atoms with Crippen molar-refractivity contribution in [3.8, 4) is 11.5 Å². The highest BCUT2D eigenvalue weighted by atomic mass is 16.5. The predicted octanol–water partition coefficient (Wildman–Crippen LogP) is 6.78. The lowest BCUT2D eigenvalue weighted by molar-refractivity contribution is 0.103. The van der Waals surface area contributed by atoms with Gasteiger partial charge in [-0.05, 0) is 37.6 Å². The minimum Gasteiger partial charge on any atom is -0.456 e. The number of para-hydroxylation sites is 1. The quantitative estimate of drug-likeness (QED) is 0.456. The van der Waals surface area contributed by atoms with Crippen LogP contribution in [0, 0.1) is 0 Å². The first-order valence-corrected chi connectivity index (χ1v) is 8.99. The van der Waals surface area contributed by atoms with E-state index < -0.39 is 0 Å². The number of benzene rings is 3. The Kier molecular flexibility index (Phi) is 6.01. The van der Waals surface area contributed by atoms with Crippen molar-refractivity contribution in [3.63, 3.8) is 0 Å². The maximum atomic E-state index is 13.2. The molecule has 0 heterocycles. The second-order valence-corrected chi connectivity index (χ2v) is 6.06. The van der Waals surface area contributed by atoms with E-state index in [1.54, 1.807) is 0 Å². The van der Waals surface area contributed by atoms with E-state index in [1.165, 1.54) is 0 Å². The fourth-order valence-electron chi connectivity index (χ4n) is 2.92. The third-order valence-electron chi connectivity index (χ3n) is 4.15. The van der Waals surface area contributed by atoms with Crippen LogP contribution >= 0.6 is 0 Å². The molecule has 27 heavy (non-hydrogen) atoms. The molecule has 0 spiro atoms. The number of allylic oxidation sites excluding steroid dienone is 2. The molecule has 0 N–H and O–H groups in total. The molecule has 0 fully saturated rings. The minimum absolute atomic E-state index is 0.0562. The summed E-state index contributed by atoms with van der Waals surface area (Å²) >= 11 is 0. The molecule has 0 aliphatic heterocycles. The molecule has 3 aromatic carbocycles. The highest BCUT2D eigenvalue weighted by Crippen LogP contribution is 2.35. The lowest BCUT2D eigenvalue weighted by Gasteiger charge is -2.16. The second-order valence-electron chi connectivity index (χ2n) is 6.06. The van der Waals surface area contributed by atoms with Gasteiger partial charge in [0.1, 0.15) is 11.5 Å². The maximum absolute atomic E-state index is 13.2. The highest BCUT2D eigenvalue weighted by molar-refractivity contribution is 6.11. The Balaban J connectivity index is 2.20. The summed E-state index contributed by atoms with van der Waals surface area (Å²) in [6.45, 7) is 3.93. The number of carbonyl (C=O) groups excluding carboxylic acids is 1. The number of carbonyl (C=O) groups is 1. The fraction of sp³-hybridized carbons (Fsp3) is 0.0800. The molecule has 0 aliphatic carbocycles. The van der Waals surface area contributed by atoms with Crippen LogP contribution in [0.25, 0.3) is 12.2 Å². The van der Waals surface area contributed by atoms with E-state index in [-0.39, 0.29) is 5.78 Å². The molecule has 3 aromatic rings. The fourth-order valence-corrected chi connectivity index (χ4v) is 2.92. The van der Waals surface area contributed by atoms with Gasteiger partial charge in [-0.3, -0.25) is 4.79 Å². The Morgan fingerprint density at radius 3 is 2.04 bits per heavy atom. The maximum Gasteiger partial charge on any atom is 0.196 e. The first-order valence-electron chi connectivity index (χ1n) is 8.99. The molecule has 0 aromatic heterocycles. The molecular weight excluding hydrogens is 332 g/mol. The number of ketones is 1. The lowest BCUT2D eigenvalue weighted by atomic mass is 9.95. The standard InChI is InChI=1S/C25H22O2/c1-3-11-19-17-18-23(24(26)20-13-7-5-8-14-20)25(22(19)12-4-2)27-21-15-9-6-10-16-21/h3-18H,1-2H3. The molecule has 134 valence electrons. The number of rotatable bonds is 6. The molecule has 0 saturated heterocycles. The highest BCUT2D eigenvalue weighted by Gasteiger charge is 2.19. The summed E-state index contributed by atoms with van der Waals surface area (Å²) < 4.78 is 6.22. The van der Waals surface area contributed by atoms with E-state index in [0.29, 0.717) is 22.6 Å². The molecule has 2 heteroatoms. The second kappa shape index (κ2) is 8.81. The van der Waals surface area contributed by atoms with Gasteiger partial charge in [0.05, 0.1) is 5.56 Å². The molecule has 3 rings (SSSR count). The molecule has 0 amide bonds. The number of hydrogen-bond acceptors (Lipinski definition) is 2. The minimum atomic E-state index is -0.0562. The van der Waals surface area contributed by atoms with Crippen LogP contribution in [0.2, 0.25) is 0 Å². The summed E-state index contributed by atoms with van der Waals surface area (Å²) in [6.07, 6.45) is 7.93. The van der Waals surface area contributed by atoms with Crippen molar-refractivity contribution in [2.24, 2.45) is 0 Å². The van der Waals surface area contributed by atoms with Gasteiger partial charge >= 0.3 is 0 Å². The normalized spacial score (nSPS) is 11.2. The molecule has 0 aliphatic rings. The molecule has 0 bridgehead atoms. The van der Waals surface area contributed by atoms with E-state index >= 15 is 0 Å². The van der Waals surface area contributed by atoms with E-state index in [4.69, 9.17) is 4.74 Å². The van der Waals surface area contributed by atoms with Crippen molar-refractivity contribution in [2.75, 3.05) is 0 Å². The van der Waals surface area contributed by atoms with Crippen molar-refractivity contribution in [3.05, 3.63) is 107 Å². The van der Waals surface area contributed by atoms with E-state index in [2.05, 4.69) is 0 Å². The average molecular weight is 354 g/mol. The van der Waals surface area contributed by atoms with Gasteiger partial charge in [0.2, 0.25) is 0 Å². The Labute approximate surface area is 160 Å². The van der Waals surface area contributed by atoms with Crippen LogP contribution in [0.4, 0.5) is 0 Å². The summed E-state index contributed by atoms with van der Waals surface area (Å²) in [4.78, 5) is 13.2. The van der Waals surface area contributed by atoms with Crippen LogP contribution in [0.1, 0.15) is 40.9 Å². The van der Waals surface area contributed by atoms with Gasteiger partial charge in [0.25, 0.3) is 0 Å². The first-order chi connectivity index (χ1) is 13.2. The van der Waals surface area contributed by atoms with Crippen LogP contribution in [-0.4, -0.2) is 5.78 Å². The summed E-state index contributed by atoms with van der Waals surface area (Å²) in [5, 5.41) is 0. The van der Waals surface area contributed by atoms with Crippen molar-refractivity contribution < 1.29 is 9.53 Å². The van der Waals surface area contributed by atoms with Gasteiger partial charge in [-0.15, -0.1) is 0 Å². The van der Waals surface area contributed by atoms with Gasteiger partial charge in [-0.1, -0.05) is 78.9 Å². The van der Waals surface area contributed by atoms with Gasteiger partial charge in [0, 0.05) is 11.1 Å². The molecular formula is C25H22O2. The van der Waals surface area contributed by atoms with Crippen LogP contribution in [0.5, 0.6) is 11.5 Å². The van der Waals surface area contributed by atoms with E-state index in [9.17, 15) is 4.79 Å². The van der Waals surface area contributed by atoms with Crippen LogP contribution in [-0.2, 0) is 0 Å². The Hall–Kier alpha value is -3.39. The van der Waals surface area contributed by atoms with Crippen LogP contribution < -0.4 is 4.74 Å². The summed E-state index contributed by atoms with van der Waals surface area (Å²) in [7, 11) is 0. The van der Waals surface area contributed by atoms with Crippen LogP contribution in [0.3, 0.4) is 0 Å². The third kappa shape index (κ3) is 4.24. The summed E-state index contributed by atoms with van der Waals surface area (Å²) in [5.41, 5.74) is 3.08. The number of ether oxygens (including phenoxy) is 1. The smallest absolute Gasteiger partial charge is 0.196 e. The van der Waals surface area contributed by atoms with Gasteiger partial charge in [-0.2, -0.15) is 0 Å². The third-order valence-corrected chi connectivity index (χ3v) is 4.15. The molecule has 0 radical (unpaired) electrons. The van der Waals surface area contributed by atoms with E-state index in [0.717, 1.165) is 11.1 Å². The van der Waals surface area contributed by atoms with Gasteiger partial charge in [-0.25, -0.2) is 0 Å². The Bertz CT molecular complexity index is 968. The summed E-state index contributed by atoms with van der Waals surface area (Å²) in [6, 6.07) is 22.6. The SMILES string of the molecule is CC=Cc1ccc(C(=O)c2ccccc2)c(Oc2ccccc2)c1C=CC. The molecule has 2 nitrogen and oxygen atoms in total. The van der Waals surface area contributed by atoms with Crippen molar-refractivity contribution in [2.45, 2.75) is 13.8 Å². The van der Waals surface area contributed by atoms with Gasteiger partial charge < -0.3 is 4.74 Å². The Morgan fingerprint density at radius 2 is 1.41 bits per heavy atom. The van der Waals surface area contributed by atoms with Crippen molar-refractivity contribution in [1.82, 2.24) is 0 Å². The number of hydrogen-bond donors (Lipinski definition) is 0. The van der Waals surface area contributed by atoms with Crippen LogP contribution in [0.15, 0.2) is 84.9 Å². The largest absolute Gasteiger partial charge is 0.456 e.